The predicted octanol–water partition coefficient (Wildman–Crippen LogP) is 5.98. The molecule has 0 saturated heterocycles. The van der Waals surface area contributed by atoms with E-state index < -0.39 is 0 Å². The van der Waals surface area contributed by atoms with Crippen molar-refractivity contribution in [3.05, 3.63) is 0 Å². The molecule has 0 aliphatic carbocycles. The van der Waals surface area contributed by atoms with E-state index in [0.717, 1.165) is 6.42 Å². The molecule has 0 heterocycles. The van der Waals surface area contributed by atoms with Crippen molar-refractivity contribution < 1.29 is 9.53 Å². The molecule has 0 unspecified atom stereocenters. The maximum atomic E-state index is 10.9. The van der Waals surface area contributed by atoms with E-state index in [4.69, 9.17) is 0 Å². The highest BCUT2D eigenvalue weighted by Crippen LogP contribution is 2.13. The van der Waals surface area contributed by atoms with Crippen LogP contribution in [0.5, 0.6) is 0 Å². The maximum Gasteiger partial charge on any atom is 0.305 e. The summed E-state index contributed by atoms with van der Waals surface area (Å²) in [7, 11) is 1.46. The van der Waals surface area contributed by atoms with Gasteiger partial charge in [-0.1, -0.05) is 64.7 Å². The van der Waals surface area contributed by atoms with Gasteiger partial charge in [0.1, 0.15) is 0 Å². The number of hydrogen-bond acceptors (Lipinski definition) is 3. The van der Waals surface area contributed by atoms with Crippen molar-refractivity contribution in [2.24, 2.45) is 0 Å². The van der Waals surface area contributed by atoms with Crippen LogP contribution in [0.2, 0.25) is 0 Å². The van der Waals surface area contributed by atoms with Crippen LogP contribution >= 0.6 is 11.8 Å². The van der Waals surface area contributed by atoms with E-state index in [2.05, 4.69) is 23.4 Å². The van der Waals surface area contributed by atoms with Gasteiger partial charge in [-0.15, -0.1) is 0 Å². The van der Waals surface area contributed by atoms with E-state index in [9.17, 15) is 4.79 Å². The van der Waals surface area contributed by atoms with Crippen LogP contribution in [0, 0.1) is 0 Å². The summed E-state index contributed by atoms with van der Waals surface area (Å²) in [6.07, 6.45) is 16.4. The van der Waals surface area contributed by atoms with Crippen LogP contribution in [0.1, 0.15) is 90.4 Å². The number of unbranched alkanes of at least 4 members (excludes halogenated alkanes) is 10. The molecule has 3 heteroatoms. The molecular formula is C18H36O2S. The Morgan fingerprint density at radius 2 is 1.24 bits per heavy atom. The number of carbonyl (C=O) groups excluding carboxylic acids is 1. The highest BCUT2D eigenvalue weighted by molar-refractivity contribution is 7.99. The Morgan fingerprint density at radius 3 is 1.76 bits per heavy atom. The summed E-state index contributed by atoms with van der Waals surface area (Å²) in [5.74, 6) is 2.65. The van der Waals surface area contributed by atoms with E-state index in [1.54, 1.807) is 0 Å². The van der Waals surface area contributed by atoms with Gasteiger partial charge in [-0.25, -0.2) is 0 Å². The molecule has 0 amide bonds. The van der Waals surface area contributed by atoms with Crippen LogP contribution in [-0.2, 0) is 9.53 Å². The summed E-state index contributed by atoms with van der Waals surface area (Å²) in [5, 5.41) is 0. The predicted molar refractivity (Wildman–Crippen MR) is 95.0 cm³/mol. The Labute approximate surface area is 136 Å². The minimum Gasteiger partial charge on any atom is -0.469 e. The molecule has 21 heavy (non-hydrogen) atoms. The van der Waals surface area contributed by atoms with Crippen molar-refractivity contribution in [1.29, 1.82) is 0 Å². The van der Waals surface area contributed by atoms with E-state index in [1.165, 1.54) is 89.2 Å². The van der Waals surface area contributed by atoms with Gasteiger partial charge in [0.25, 0.3) is 0 Å². The van der Waals surface area contributed by atoms with Gasteiger partial charge in [0.05, 0.1) is 7.11 Å². The second-order valence-electron chi connectivity index (χ2n) is 5.83. The van der Waals surface area contributed by atoms with Gasteiger partial charge < -0.3 is 4.74 Å². The van der Waals surface area contributed by atoms with E-state index in [0.29, 0.717) is 6.42 Å². The lowest BCUT2D eigenvalue weighted by Gasteiger charge is -2.03. The smallest absolute Gasteiger partial charge is 0.305 e. The molecule has 0 N–H and O–H groups in total. The normalized spacial score (nSPS) is 10.8. The van der Waals surface area contributed by atoms with Crippen molar-refractivity contribution in [2.45, 2.75) is 90.4 Å². The largest absolute Gasteiger partial charge is 0.469 e. The van der Waals surface area contributed by atoms with Crippen LogP contribution in [0.3, 0.4) is 0 Å². The zero-order valence-corrected chi connectivity index (χ0v) is 15.1. The quantitative estimate of drug-likeness (QED) is 0.259. The monoisotopic (exact) mass is 316 g/mol. The molecule has 0 aliphatic rings. The molecule has 0 aromatic rings. The maximum absolute atomic E-state index is 10.9. The minimum absolute atomic E-state index is 0.0671. The molecule has 0 radical (unpaired) electrons. The van der Waals surface area contributed by atoms with Gasteiger partial charge >= 0.3 is 5.97 Å². The first-order chi connectivity index (χ1) is 10.3. The van der Waals surface area contributed by atoms with Crippen LogP contribution in [0.15, 0.2) is 0 Å². The van der Waals surface area contributed by atoms with Crippen molar-refractivity contribution in [3.8, 4) is 0 Å². The van der Waals surface area contributed by atoms with Gasteiger partial charge in [-0.2, -0.15) is 11.8 Å². The second kappa shape index (κ2) is 17.9. The Morgan fingerprint density at radius 1 is 0.762 bits per heavy atom. The lowest BCUT2D eigenvalue weighted by Crippen LogP contribution is -1.99. The fourth-order valence-electron chi connectivity index (χ4n) is 2.37. The molecule has 126 valence electrons. The Kier molecular flexibility index (Phi) is 17.7. The molecular weight excluding hydrogens is 280 g/mol. The van der Waals surface area contributed by atoms with Gasteiger partial charge in [0, 0.05) is 6.42 Å². The summed E-state index contributed by atoms with van der Waals surface area (Å²) in [4.78, 5) is 10.9. The number of carbonyl (C=O) groups is 1. The number of hydrogen-bond donors (Lipinski definition) is 0. The molecule has 0 spiro atoms. The third-order valence-corrected chi connectivity index (χ3v) is 4.94. The fraction of sp³-hybridized carbons (Fsp3) is 0.944. The number of methoxy groups -OCH3 is 1. The lowest BCUT2D eigenvalue weighted by atomic mass is 10.1. The van der Waals surface area contributed by atoms with Crippen LogP contribution < -0.4 is 0 Å². The first-order valence-electron chi connectivity index (χ1n) is 8.95. The topological polar surface area (TPSA) is 26.3 Å². The van der Waals surface area contributed by atoms with Gasteiger partial charge in [-0.05, 0) is 30.8 Å². The third-order valence-electron chi connectivity index (χ3n) is 3.79. The summed E-state index contributed by atoms with van der Waals surface area (Å²) in [5.41, 5.74) is 0. The van der Waals surface area contributed by atoms with E-state index in [-0.39, 0.29) is 5.97 Å². The zero-order valence-electron chi connectivity index (χ0n) is 14.3. The summed E-state index contributed by atoms with van der Waals surface area (Å²) >= 11 is 2.14. The molecule has 0 aromatic carbocycles. The van der Waals surface area contributed by atoms with E-state index >= 15 is 0 Å². The molecule has 0 aliphatic heterocycles. The molecule has 0 aromatic heterocycles. The number of ether oxygens (including phenoxy) is 1. The Bertz CT molecular complexity index is 219. The van der Waals surface area contributed by atoms with Crippen molar-refractivity contribution in [3.63, 3.8) is 0 Å². The van der Waals surface area contributed by atoms with E-state index in [1.807, 2.05) is 0 Å². The first kappa shape index (κ1) is 20.8. The standard InChI is InChI=1S/C18H36O2S/c1-3-4-13-16-21-17-14-11-9-7-5-6-8-10-12-15-18(19)20-2/h3-17H2,1-2H3. The fourth-order valence-corrected chi connectivity index (χ4v) is 3.39. The Hall–Kier alpha value is -0.180. The van der Waals surface area contributed by atoms with Crippen LogP contribution in [0.25, 0.3) is 0 Å². The Balaban J connectivity index is 2.98. The number of thioether (sulfide) groups is 1. The summed E-state index contributed by atoms with van der Waals surface area (Å²) in [6.45, 7) is 2.27. The first-order valence-corrected chi connectivity index (χ1v) is 10.1. The molecule has 2 nitrogen and oxygen atoms in total. The van der Waals surface area contributed by atoms with Gasteiger partial charge in [0.2, 0.25) is 0 Å². The molecule has 0 saturated carbocycles. The highest BCUT2D eigenvalue weighted by Gasteiger charge is 1.99. The second-order valence-corrected chi connectivity index (χ2v) is 7.05. The highest BCUT2D eigenvalue weighted by atomic mass is 32.2. The minimum atomic E-state index is -0.0671. The average Bonchev–Trinajstić information content (AvgIpc) is 2.50. The molecule has 0 fully saturated rings. The summed E-state index contributed by atoms with van der Waals surface area (Å²) in [6, 6.07) is 0. The number of rotatable bonds is 16. The average molecular weight is 317 g/mol. The lowest BCUT2D eigenvalue weighted by molar-refractivity contribution is -0.140. The van der Waals surface area contributed by atoms with Crippen molar-refractivity contribution in [2.75, 3.05) is 18.6 Å². The van der Waals surface area contributed by atoms with Crippen LogP contribution in [-0.4, -0.2) is 24.6 Å². The SMILES string of the molecule is CCCCCSCCCCCCCCCCCC(=O)OC. The zero-order chi connectivity index (χ0) is 15.6. The molecule has 0 atom stereocenters. The summed E-state index contributed by atoms with van der Waals surface area (Å²) < 4.78 is 4.63. The van der Waals surface area contributed by atoms with Gasteiger partial charge in [-0.3, -0.25) is 4.79 Å². The van der Waals surface area contributed by atoms with Crippen LogP contribution in [0.4, 0.5) is 0 Å². The van der Waals surface area contributed by atoms with Gasteiger partial charge in [0.15, 0.2) is 0 Å². The molecule has 0 bridgehead atoms. The molecule has 0 rings (SSSR count). The van der Waals surface area contributed by atoms with Crippen molar-refractivity contribution >= 4 is 17.7 Å². The third kappa shape index (κ3) is 17.8. The van der Waals surface area contributed by atoms with Crippen molar-refractivity contribution in [1.82, 2.24) is 0 Å². The number of esters is 1.